The van der Waals surface area contributed by atoms with Crippen molar-refractivity contribution in [3.63, 3.8) is 0 Å². The highest BCUT2D eigenvalue weighted by molar-refractivity contribution is 7.16. The molecule has 2 N–H and O–H groups in total. The SMILES string of the molecule is COc1c2c(c(OC)c3occc13)OC(C)c1sc(N)c(C#N)c1-2. The molecule has 0 saturated carbocycles. The summed E-state index contributed by atoms with van der Waals surface area (Å²) < 4.78 is 22.8. The topological polar surface area (TPSA) is 90.6 Å². The van der Waals surface area contributed by atoms with E-state index in [-0.39, 0.29) is 6.10 Å². The van der Waals surface area contributed by atoms with Crippen molar-refractivity contribution < 1.29 is 18.6 Å². The number of rotatable bonds is 2. The molecule has 0 radical (unpaired) electrons. The zero-order valence-corrected chi connectivity index (χ0v) is 14.1. The maximum atomic E-state index is 9.58. The number of ether oxygens (including phenoxy) is 3. The molecule has 122 valence electrons. The summed E-state index contributed by atoms with van der Waals surface area (Å²) in [7, 11) is 3.13. The lowest BCUT2D eigenvalue weighted by Gasteiger charge is -2.27. The maximum absolute atomic E-state index is 9.58. The number of benzene rings is 1. The van der Waals surface area contributed by atoms with Crippen LogP contribution in [0.1, 0.15) is 23.5 Å². The molecular formula is C17H14N2O4S. The lowest BCUT2D eigenvalue weighted by atomic mass is 9.94. The molecular weight excluding hydrogens is 328 g/mol. The Morgan fingerprint density at radius 1 is 1.25 bits per heavy atom. The molecule has 1 unspecified atom stereocenters. The number of nitrogens with zero attached hydrogens (tertiary/aromatic N) is 1. The smallest absolute Gasteiger partial charge is 0.205 e. The van der Waals surface area contributed by atoms with Gasteiger partial charge in [0.05, 0.1) is 41.9 Å². The van der Waals surface area contributed by atoms with Gasteiger partial charge in [0, 0.05) is 5.56 Å². The van der Waals surface area contributed by atoms with Gasteiger partial charge in [-0.15, -0.1) is 11.3 Å². The van der Waals surface area contributed by atoms with Crippen LogP contribution in [0.4, 0.5) is 5.00 Å². The van der Waals surface area contributed by atoms with E-state index in [0.717, 1.165) is 15.8 Å². The van der Waals surface area contributed by atoms with Crippen LogP contribution in [0.3, 0.4) is 0 Å². The second-order valence-corrected chi connectivity index (χ2v) is 6.47. The van der Waals surface area contributed by atoms with Crippen LogP contribution in [0, 0.1) is 11.3 Å². The van der Waals surface area contributed by atoms with Gasteiger partial charge < -0.3 is 24.4 Å². The number of methoxy groups -OCH3 is 2. The molecule has 0 amide bonds. The molecule has 6 nitrogen and oxygen atoms in total. The molecule has 0 aliphatic carbocycles. The normalized spacial score (nSPS) is 15.3. The molecule has 7 heteroatoms. The van der Waals surface area contributed by atoms with Gasteiger partial charge in [0.1, 0.15) is 22.9 Å². The third kappa shape index (κ3) is 1.69. The van der Waals surface area contributed by atoms with Crippen LogP contribution >= 0.6 is 11.3 Å². The van der Waals surface area contributed by atoms with Gasteiger partial charge in [-0.05, 0) is 13.0 Å². The fourth-order valence-electron chi connectivity index (χ4n) is 3.20. The van der Waals surface area contributed by atoms with Gasteiger partial charge in [0.15, 0.2) is 11.3 Å². The Labute approximate surface area is 141 Å². The Morgan fingerprint density at radius 2 is 2.00 bits per heavy atom. The van der Waals surface area contributed by atoms with Gasteiger partial charge in [-0.2, -0.15) is 5.26 Å². The third-order valence-corrected chi connectivity index (χ3v) is 5.35. The monoisotopic (exact) mass is 342 g/mol. The van der Waals surface area contributed by atoms with E-state index >= 15 is 0 Å². The van der Waals surface area contributed by atoms with E-state index in [0.29, 0.717) is 39.0 Å². The van der Waals surface area contributed by atoms with Crippen LogP contribution in [0.15, 0.2) is 16.7 Å². The molecule has 1 atom stereocenters. The zero-order valence-electron chi connectivity index (χ0n) is 13.3. The number of fused-ring (bicyclic) bond motifs is 4. The largest absolute Gasteiger partial charge is 0.495 e. The zero-order chi connectivity index (χ0) is 17.0. The van der Waals surface area contributed by atoms with E-state index in [2.05, 4.69) is 6.07 Å². The van der Waals surface area contributed by atoms with Gasteiger partial charge in [-0.3, -0.25) is 0 Å². The van der Waals surface area contributed by atoms with Crippen molar-refractivity contribution in [2.45, 2.75) is 13.0 Å². The Balaban J connectivity index is 2.22. The predicted molar refractivity (Wildman–Crippen MR) is 90.8 cm³/mol. The standard InChI is InChI=1S/C17H14N2O4S/c1-7-16-10(9(6-18)17(19)24-16)11-12(20-2)8-4-5-22-13(8)15(21-3)14(11)23-7/h4-5,7H,19H2,1-3H3. The Kier molecular flexibility index (Phi) is 3.11. The average molecular weight is 342 g/mol. The lowest BCUT2D eigenvalue weighted by molar-refractivity contribution is 0.215. The van der Waals surface area contributed by atoms with Gasteiger partial charge in [0.2, 0.25) is 5.75 Å². The summed E-state index contributed by atoms with van der Waals surface area (Å²) in [5.41, 5.74) is 8.48. The summed E-state index contributed by atoms with van der Waals surface area (Å²) in [5, 5.41) is 10.8. The summed E-state index contributed by atoms with van der Waals surface area (Å²) in [6.45, 7) is 1.91. The van der Waals surface area contributed by atoms with Crippen LogP contribution in [-0.4, -0.2) is 14.2 Å². The average Bonchev–Trinajstić information content (AvgIpc) is 3.17. The minimum absolute atomic E-state index is 0.257. The molecule has 2 aromatic heterocycles. The fraction of sp³-hybridized carbons (Fsp3) is 0.235. The van der Waals surface area contributed by atoms with E-state index in [4.69, 9.17) is 24.4 Å². The lowest BCUT2D eigenvalue weighted by Crippen LogP contribution is -2.11. The molecule has 4 rings (SSSR count). The quantitative estimate of drug-likeness (QED) is 0.754. The second-order valence-electron chi connectivity index (χ2n) is 5.39. The Hall–Kier alpha value is -2.85. The molecule has 24 heavy (non-hydrogen) atoms. The summed E-state index contributed by atoms with van der Waals surface area (Å²) in [4.78, 5) is 0.903. The number of nitriles is 1. The molecule has 0 saturated heterocycles. The van der Waals surface area contributed by atoms with E-state index in [1.807, 2.05) is 6.92 Å². The minimum atomic E-state index is -0.257. The van der Waals surface area contributed by atoms with Crippen molar-refractivity contribution in [1.82, 2.24) is 0 Å². The number of hydrogen-bond acceptors (Lipinski definition) is 7. The summed E-state index contributed by atoms with van der Waals surface area (Å²) in [5.74, 6) is 1.57. The molecule has 0 spiro atoms. The van der Waals surface area contributed by atoms with Gasteiger partial charge in [0.25, 0.3) is 0 Å². The van der Waals surface area contributed by atoms with Gasteiger partial charge in [-0.1, -0.05) is 0 Å². The van der Waals surface area contributed by atoms with Crippen molar-refractivity contribution in [2.75, 3.05) is 20.0 Å². The van der Waals surface area contributed by atoms with Crippen LogP contribution < -0.4 is 19.9 Å². The summed E-state index contributed by atoms with van der Waals surface area (Å²) in [6.07, 6.45) is 1.31. The highest BCUT2D eigenvalue weighted by Gasteiger charge is 2.36. The number of thiophene rings is 1. The highest BCUT2D eigenvalue weighted by atomic mass is 32.1. The van der Waals surface area contributed by atoms with Crippen LogP contribution in [0.25, 0.3) is 22.1 Å². The first-order chi connectivity index (χ1) is 11.6. The van der Waals surface area contributed by atoms with E-state index < -0.39 is 0 Å². The molecule has 0 fully saturated rings. The highest BCUT2D eigenvalue weighted by Crippen LogP contribution is 2.59. The van der Waals surface area contributed by atoms with Crippen LogP contribution in [0.2, 0.25) is 0 Å². The van der Waals surface area contributed by atoms with Crippen molar-refractivity contribution in [3.05, 3.63) is 22.8 Å². The number of nitrogens with two attached hydrogens (primary N) is 1. The van der Waals surface area contributed by atoms with Crippen molar-refractivity contribution in [2.24, 2.45) is 0 Å². The Morgan fingerprint density at radius 3 is 2.67 bits per heavy atom. The number of hydrogen-bond donors (Lipinski definition) is 1. The third-order valence-electron chi connectivity index (χ3n) is 4.17. The molecule has 0 bridgehead atoms. The van der Waals surface area contributed by atoms with Crippen molar-refractivity contribution in [1.29, 1.82) is 5.26 Å². The second kappa shape index (κ2) is 5.08. The predicted octanol–water partition coefficient (Wildman–Crippen LogP) is 4.09. The number of nitrogen functional groups attached to an aromatic ring is 1. The van der Waals surface area contributed by atoms with Gasteiger partial charge >= 0.3 is 0 Å². The van der Waals surface area contributed by atoms with E-state index in [1.165, 1.54) is 11.3 Å². The van der Waals surface area contributed by atoms with E-state index in [1.54, 1.807) is 26.5 Å². The first kappa shape index (κ1) is 14.7. The molecule has 3 heterocycles. The van der Waals surface area contributed by atoms with Crippen LogP contribution in [-0.2, 0) is 0 Å². The number of furan rings is 1. The number of anilines is 1. The van der Waals surface area contributed by atoms with Gasteiger partial charge in [-0.25, -0.2) is 0 Å². The molecule has 1 aliphatic heterocycles. The summed E-state index contributed by atoms with van der Waals surface area (Å²) in [6, 6.07) is 4.01. The maximum Gasteiger partial charge on any atom is 0.205 e. The first-order valence-electron chi connectivity index (χ1n) is 7.26. The first-order valence-corrected chi connectivity index (χ1v) is 8.08. The minimum Gasteiger partial charge on any atom is -0.495 e. The molecule has 3 aromatic rings. The fourth-order valence-corrected chi connectivity index (χ4v) is 4.20. The van der Waals surface area contributed by atoms with Crippen LogP contribution in [0.5, 0.6) is 17.2 Å². The Bertz CT molecular complexity index is 1010. The molecule has 1 aromatic carbocycles. The summed E-state index contributed by atoms with van der Waals surface area (Å²) >= 11 is 1.36. The van der Waals surface area contributed by atoms with E-state index in [9.17, 15) is 5.26 Å². The molecule has 1 aliphatic rings. The van der Waals surface area contributed by atoms with Crippen molar-refractivity contribution in [3.8, 4) is 34.4 Å². The van der Waals surface area contributed by atoms with Crippen molar-refractivity contribution >= 4 is 27.3 Å².